The molecule has 0 N–H and O–H groups in total. The number of thiol groups is 1. The van der Waals surface area contributed by atoms with Crippen LogP contribution in [0.2, 0.25) is 0 Å². The van der Waals surface area contributed by atoms with Crippen molar-refractivity contribution in [3.63, 3.8) is 0 Å². The molecule has 0 heterocycles. The average molecular weight is 164 g/mol. The Kier molecular flexibility index (Phi) is 2.77. The first-order chi connectivity index (χ1) is 5.24. The van der Waals surface area contributed by atoms with Crippen molar-refractivity contribution in [1.82, 2.24) is 0 Å². The fraction of sp³-hybridized carbons (Fsp3) is 0.200. The van der Waals surface area contributed by atoms with Gasteiger partial charge < -0.3 is 0 Å². The van der Waals surface area contributed by atoms with Crippen molar-refractivity contribution in [2.45, 2.75) is 13.8 Å². The van der Waals surface area contributed by atoms with E-state index < -0.39 is 0 Å². The summed E-state index contributed by atoms with van der Waals surface area (Å²) in [5.74, 6) is 0. The second-order valence-electron chi connectivity index (χ2n) is 2.68. The number of aryl methyl sites for hydroxylation is 1. The van der Waals surface area contributed by atoms with E-state index in [1.165, 1.54) is 16.7 Å². The molecule has 0 bridgehead atoms. The molecule has 11 heavy (non-hydrogen) atoms. The highest BCUT2D eigenvalue weighted by molar-refractivity contribution is 7.83. The standard InChI is InChI=1S/C10H12S/c1-8-3-5-10(6-4-8)9(2)7-11/h3-7,11H,1-2H3/b9-7+. The molecule has 0 saturated carbocycles. The summed E-state index contributed by atoms with van der Waals surface area (Å²) < 4.78 is 0. The van der Waals surface area contributed by atoms with Crippen LogP contribution in [0.15, 0.2) is 29.7 Å². The van der Waals surface area contributed by atoms with Gasteiger partial charge in [0.05, 0.1) is 0 Å². The zero-order valence-electron chi connectivity index (χ0n) is 6.83. The van der Waals surface area contributed by atoms with Crippen LogP contribution in [0.3, 0.4) is 0 Å². The molecule has 0 aliphatic heterocycles. The molecule has 0 aliphatic carbocycles. The average Bonchev–Trinajstić information content (AvgIpc) is 2.05. The van der Waals surface area contributed by atoms with Crippen molar-refractivity contribution in [2.24, 2.45) is 0 Å². The van der Waals surface area contributed by atoms with Gasteiger partial charge in [-0.1, -0.05) is 29.8 Å². The maximum absolute atomic E-state index is 4.09. The lowest BCUT2D eigenvalue weighted by atomic mass is 10.1. The molecule has 1 heteroatoms. The molecule has 58 valence electrons. The quantitative estimate of drug-likeness (QED) is 0.605. The molecule has 0 radical (unpaired) electrons. The molecule has 0 unspecified atom stereocenters. The zero-order valence-corrected chi connectivity index (χ0v) is 7.73. The number of hydrogen-bond donors (Lipinski definition) is 1. The monoisotopic (exact) mass is 164 g/mol. The topological polar surface area (TPSA) is 0 Å². The molecule has 0 atom stereocenters. The maximum Gasteiger partial charge on any atom is -0.0222 e. The third-order valence-corrected chi connectivity index (χ3v) is 2.09. The highest BCUT2D eigenvalue weighted by Crippen LogP contribution is 2.14. The molecule has 0 aliphatic rings. The lowest BCUT2D eigenvalue weighted by Crippen LogP contribution is -1.78. The van der Waals surface area contributed by atoms with Gasteiger partial charge in [0.2, 0.25) is 0 Å². The third kappa shape index (κ3) is 2.12. The van der Waals surface area contributed by atoms with Crippen LogP contribution in [0.5, 0.6) is 0 Å². The molecule has 0 spiro atoms. The van der Waals surface area contributed by atoms with Crippen molar-refractivity contribution in [1.29, 1.82) is 0 Å². The van der Waals surface area contributed by atoms with E-state index in [0.29, 0.717) is 0 Å². The molecule has 0 saturated heterocycles. The van der Waals surface area contributed by atoms with Crippen molar-refractivity contribution in [2.75, 3.05) is 0 Å². The Morgan fingerprint density at radius 1 is 1.27 bits per heavy atom. The van der Waals surface area contributed by atoms with E-state index in [0.717, 1.165) is 0 Å². The first-order valence-corrected chi connectivity index (χ1v) is 4.13. The molecular weight excluding hydrogens is 152 g/mol. The Labute approximate surface area is 73.4 Å². The normalized spacial score (nSPS) is 11.7. The van der Waals surface area contributed by atoms with Gasteiger partial charge in [-0.25, -0.2) is 0 Å². The summed E-state index contributed by atoms with van der Waals surface area (Å²) in [6.07, 6.45) is 0. The van der Waals surface area contributed by atoms with Gasteiger partial charge in [0.15, 0.2) is 0 Å². The summed E-state index contributed by atoms with van der Waals surface area (Å²) in [5, 5.41) is 1.82. The lowest BCUT2D eigenvalue weighted by molar-refractivity contribution is 1.45. The fourth-order valence-electron chi connectivity index (χ4n) is 0.891. The van der Waals surface area contributed by atoms with Crippen LogP contribution in [0.4, 0.5) is 0 Å². The van der Waals surface area contributed by atoms with E-state index >= 15 is 0 Å². The van der Waals surface area contributed by atoms with Crippen LogP contribution in [-0.2, 0) is 0 Å². The first-order valence-electron chi connectivity index (χ1n) is 3.62. The van der Waals surface area contributed by atoms with Crippen molar-refractivity contribution in [3.8, 4) is 0 Å². The Hall–Kier alpha value is -0.690. The smallest absolute Gasteiger partial charge is 0.0222 e. The van der Waals surface area contributed by atoms with Gasteiger partial charge in [0, 0.05) is 0 Å². The van der Waals surface area contributed by atoms with Gasteiger partial charge in [0.1, 0.15) is 0 Å². The van der Waals surface area contributed by atoms with E-state index in [4.69, 9.17) is 0 Å². The maximum atomic E-state index is 4.09. The van der Waals surface area contributed by atoms with Gasteiger partial charge in [-0.15, -0.1) is 0 Å². The second kappa shape index (κ2) is 3.63. The number of rotatable bonds is 1. The molecule has 1 aromatic carbocycles. The van der Waals surface area contributed by atoms with Gasteiger partial charge in [0.25, 0.3) is 0 Å². The molecule has 0 aromatic heterocycles. The Morgan fingerprint density at radius 3 is 2.27 bits per heavy atom. The third-order valence-electron chi connectivity index (χ3n) is 1.70. The van der Waals surface area contributed by atoms with Crippen LogP contribution in [0.1, 0.15) is 18.1 Å². The van der Waals surface area contributed by atoms with Crippen molar-refractivity contribution in [3.05, 3.63) is 40.8 Å². The zero-order chi connectivity index (χ0) is 8.27. The van der Waals surface area contributed by atoms with Gasteiger partial charge in [-0.2, -0.15) is 12.6 Å². The predicted octanol–water partition coefficient (Wildman–Crippen LogP) is 3.29. The Bertz CT molecular complexity index is 257. The lowest BCUT2D eigenvalue weighted by Gasteiger charge is -1.99. The Morgan fingerprint density at radius 2 is 1.82 bits per heavy atom. The Balaban J connectivity index is 2.99. The molecule has 1 aromatic rings. The van der Waals surface area contributed by atoms with Crippen LogP contribution in [-0.4, -0.2) is 0 Å². The van der Waals surface area contributed by atoms with Crippen LogP contribution < -0.4 is 0 Å². The summed E-state index contributed by atoms with van der Waals surface area (Å²) in [7, 11) is 0. The SMILES string of the molecule is C/C(=C\S)c1ccc(C)cc1. The molecule has 1 rings (SSSR count). The molecule has 0 amide bonds. The van der Waals surface area contributed by atoms with E-state index in [-0.39, 0.29) is 0 Å². The number of allylic oxidation sites excluding steroid dienone is 1. The summed E-state index contributed by atoms with van der Waals surface area (Å²) in [4.78, 5) is 0. The summed E-state index contributed by atoms with van der Waals surface area (Å²) in [6.45, 7) is 4.14. The molecule has 0 nitrogen and oxygen atoms in total. The van der Waals surface area contributed by atoms with Crippen LogP contribution in [0, 0.1) is 6.92 Å². The highest BCUT2D eigenvalue weighted by atomic mass is 32.1. The fourth-order valence-corrected chi connectivity index (χ4v) is 1.04. The van der Waals surface area contributed by atoms with E-state index in [2.05, 4.69) is 50.7 Å². The summed E-state index contributed by atoms with van der Waals surface area (Å²) in [5.41, 5.74) is 3.74. The largest absolute Gasteiger partial charge is 0.151 e. The van der Waals surface area contributed by atoms with E-state index in [1.807, 2.05) is 5.41 Å². The minimum atomic E-state index is 1.20. The number of benzene rings is 1. The molecular formula is C10H12S. The summed E-state index contributed by atoms with van der Waals surface area (Å²) >= 11 is 4.09. The van der Waals surface area contributed by atoms with Gasteiger partial charge >= 0.3 is 0 Å². The van der Waals surface area contributed by atoms with Gasteiger partial charge in [-0.05, 0) is 30.4 Å². The van der Waals surface area contributed by atoms with E-state index in [9.17, 15) is 0 Å². The van der Waals surface area contributed by atoms with Crippen molar-refractivity contribution >= 4 is 18.2 Å². The summed E-state index contributed by atoms with van der Waals surface area (Å²) in [6, 6.07) is 8.43. The molecule has 0 fully saturated rings. The van der Waals surface area contributed by atoms with Crippen LogP contribution >= 0.6 is 12.6 Å². The van der Waals surface area contributed by atoms with Crippen molar-refractivity contribution < 1.29 is 0 Å². The van der Waals surface area contributed by atoms with E-state index in [1.54, 1.807) is 0 Å². The minimum absolute atomic E-state index is 1.20. The number of hydrogen-bond acceptors (Lipinski definition) is 1. The predicted molar refractivity (Wildman–Crippen MR) is 53.8 cm³/mol. The minimum Gasteiger partial charge on any atom is -0.151 e. The van der Waals surface area contributed by atoms with Crippen LogP contribution in [0.25, 0.3) is 5.57 Å². The first kappa shape index (κ1) is 8.41. The second-order valence-corrected chi connectivity index (χ2v) is 2.94. The van der Waals surface area contributed by atoms with Gasteiger partial charge in [-0.3, -0.25) is 0 Å². The highest BCUT2D eigenvalue weighted by Gasteiger charge is 1.91.